The number of fused-ring (bicyclic) bond motifs is 4. The normalized spacial score (nSPS) is 18.5. The van der Waals surface area contributed by atoms with Crippen LogP contribution in [0, 0.1) is 0 Å². The fourth-order valence-electron chi connectivity index (χ4n) is 6.63. The van der Waals surface area contributed by atoms with Gasteiger partial charge in [-0.05, 0) is 60.5 Å². The maximum atomic E-state index is 12.0. The zero-order valence-electron chi connectivity index (χ0n) is 24.7. The lowest BCUT2D eigenvalue weighted by Crippen LogP contribution is -2.27. The Morgan fingerprint density at radius 1 is 0.810 bits per heavy atom. The van der Waals surface area contributed by atoms with Crippen LogP contribution in [0.2, 0.25) is 0 Å². The molecule has 2 N–H and O–H groups in total. The Hall–Kier alpha value is -4.26. The van der Waals surface area contributed by atoms with E-state index in [0.717, 1.165) is 22.6 Å². The predicted molar refractivity (Wildman–Crippen MR) is 175 cm³/mol. The van der Waals surface area contributed by atoms with Crippen LogP contribution in [-0.4, -0.2) is 21.2 Å². The summed E-state index contributed by atoms with van der Waals surface area (Å²) >= 11 is 0. The van der Waals surface area contributed by atoms with Crippen LogP contribution in [0.15, 0.2) is 126 Å². The molecule has 4 aromatic carbocycles. The molecule has 0 fully saturated rings. The average Bonchev–Trinajstić information content (AvgIpc) is 3.31. The van der Waals surface area contributed by atoms with E-state index in [0.29, 0.717) is 0 Å². The largest absolute Gasteiger partial charge is 0.347 e. The molecule has 2 aliphatic heterocycles. The molecule has 0 spiro atoms. The van der Waals surface area contributed by atoms with Crippen molar-refractivity contribution in [3.8, 4) is 0 Å². The predicted octanol–water partition coefficient (Wildman–Crippen LogP) is 7.48. The summed E-state index contributed by atoms with van der Waals surface area (Å²) in [7, 11) is -1.77. The highest BCUT2D eigenvalue weighted by molar-refractivity contribution is 7.89. The Kier molecular flexibility index (Phi) is 6.59. The van der Waals surface area contributed by atoms with Gasteiger partial charge in [-0.15, -0.1) is 0 Å². The lowest BCUT2D eigenvalue weighted by molar-refractivity contribution is 0.596. The monoisotopic (exact) mass is 574 g/mol. The summed E-state index contributed by atoms with van der Waals surface area (Å²) in [6, 6.07) is 28.7. The first-order valence-electron chi connectivity index (χ1n) is 14.1. The number of rotatable bonds is 5. The molecule has 0 saturated carbocycles. The van der Waals surface area contributed by atoms with Gasteiger partial charge in [0.2, 0.25) is 21.4 Å². The number of primary sulfonamides is 1. The van der Waals surface area contributed by atoms with E-state index in [1.54, 1.807) is 12.1 Å². The minimum Gasteiger partial charge on any atom is -0.347 e. The highest BCUT2D eigenvalue weighted by Crippen LogP contribution is 2.48. The van der Waals surface area contributed by atoms with Crippen molar-refractivity contribution in [3.05, 3.63) is 132 Å². The number of hydrogen-bond donors (Lipinski definition) is 1. The van der Waals surface area contributed by atoms with Gasteiger partial charge in [0.15, 0.2) is 5.71 Å². The number of anilines is 1. The van der Waals surface area contributed by atoms with Crippen LogP contribution in [0.1, 0.15) is 38.8 Å². The van der Waals surface area contributed by atoms with E-state index in [2.05, 4.69) is 128 Å². The maximum absolute atomic E-state index is 12.0. The van der Waals surface area contributed by atoms with Gasteiger partial charge in [-0.25, -0.2) is 13.6 Å². The third kappa shape index (κ3) is 4.42. The summed E-state index contributed by atoms with van der Waals surface area (Å²) in [6.45, 7) is 8.81. The van der Waals surface area contributed by atoms with Crippen LogP contribution in [0.5, 0.6) is 0 Å². The van der Waals surface area contributed by atoms with E-state index in [9.17, 15) is 8.42 Å². The molecular weight excluding hydrogens is 538 g/mol. The first kappa shape index (κ1) is 27.9. The molecule has 2 aliphatic rings. The SMILES string of the molecule is CN1/C(=C/C=C/C=C/C2=[N+](c3ccccc3)c3ccc4ccccc4c3C2(C)C)C(C)(C)c2cc(S(N)(=O)=O)ccc21. The maximum Gasteiger partial charge on any atom is 0.238 e. The quantitative estimate of drug-likeness (QED) is 0.199. The summed E-state index contributed by atoms with van der Waals surface area (Å²) < 4.78 is 26.3. The molecule has 0 aromatic heterocycles. The number of nitrogens with zero attached hydrogens (tertiary/aromatic N) is 2. The van der Waals surface area contributed by atoms with Crippen LogP contribution in [0.25, 0.3) is 10.8 Å². The zero-order chi connectivity index (χ0) is 29.9. The van der Waals surface area contributed by atoms with Gasteiger partial charge in [0, 0.05) is 53.7 Å². The van der Waals surface area contributed by atoms with Crippen molar-refractivity contribution < 1.29 is 8.42 Å². The van der Waals surface area contributed by atoms with E-state index in [1.807, 2.05) is 19.2 Å². The minimum atomic E-state index is -3.78. The summed E-state index contributed by atoms with van der Waals surface area (Å²) in [5.41, 5.74) is 7.29. The molecule has 0 atom stereocenters. The van der Waals surface area contributed by atoms with E-state index in [4.69, 9.17) is 5.14 Å². The molecule has 0 aliphatic carbocycles. The lowest BCUT2D eigenvalue weighted by atomic mass is 9.79. The first-order chi connectivity index (χ1) is 19.9. The van der Waals surface area contributed by atoms with Gasteiger partial charge in [0.1, 0.15) is 0 Å². The third-order valence-electron chi connectivity index (χ3n) is 8.73. The van der Waals surface area contributed by atoms with Crippen LogP contribution >= 0.6 is 0 Å². The van der Waals surface area contributed by atoms with Gasteiger partial charge in [-0.2, -0.15) is 4.58 Å². The number of para-hydroxylation sites is 1. The zero-order valence-corrected chi connectivity index (χ0v) is 25.5. The fraction of sp³-hybridized carbons (Fsp3) is 0.194. The van der Waals surface area contributed by atoms with Crippen molar-refractivity contribution in [3.63, 3.8) is 0 Å². The van der Waals surface area contributed by atoms with E-state index in [1.165, 1.54) is 27.7 Å². The topological polar surface area (TPSA) is 66.4 Å². The molecule has 212 valence electrons. The Bertz CT molecular complexity index is 1960. The molecule has 4 aromatic rings. The molecule has 0 saturated heterocycles. The Morgan fingerprint density at radius 3 is 2.26 bits per heavy atom. The van der Waals surface area contributed by atoms with Crippen molar-refractivity contribution >= 4 is 43.6 Å². The van der Waals surface area contributed by atoms with Gasteiger partial charge in [-0.3, -0.25) is 0 Å². The Morgan fingerprint density at radius 2 is 1.52 bits per heavy atom. The molecule has 0 radical (unpaired) electrons. The summed E-state index contributed by atoms with van der Waals surface area (Å²) in [5.74, 6) is 0. The second-order valence-corrected chi connectivity index (χ2v) is 13.6. The number of likely N-dealkylation sites (N-methyl/N-ethyl adjacent to an activating group) is 1. The minimum absolute atomic E-state index is 0.135. The molecule has 0 amide bonds. The Balaban J connectivity index is 1.37. The Labute approximate surface area is 248 Å². The fourth-order valence-corrected chi connectivity index (χ4v) is 7.17. The van der Waals surface area contributed by atoms with E-state index < -0.39 is 10.0 Å². The average molecular weight is 575 g/mol. The van der Waals surface area contributed by atoms with Gasteiger partial charge in [0.05, 0.1) is 10.3 Å². The van der Waals surface area contributed by atoms with Crippen molar-refractivity contribution in [2.75, 3.05) is 11.9 Å². The number of hydrogen-bond acceptors (Lipinski definition) is 3. The summed E-state index contributed by atoms with van der Waals surface area (Å²) in [6.07, 6.45) is 10.5. The molecule has 2 heterocycles. The van der Waals surface area contributed by atoms with Crippen LogP contribution in [0.4, 0.5) is 17.1 Å². The second-order valence-electron chi connectivity index (χ2n) is 12.1. The molecular formula is C36H36N3O2S+. The van der Waals surface area contributed by atoms with Crippen LogP contribution in [-0.2, 0) is 20.9 Å². The number of allylic oxidation sites excluding steroid dienone is 6. The van der Waals surface area contributed by atoms with E-state index >= 15 is 0 Å². The standard InChI is InChI=1S/C36H36N3O2S/c1-35(2)29-24-27(42(37,40)41)21-23-30(29)38(5)32(35)18-10-7-11-19-33-36(3,4)34-28-17-13-12-14-25(28)20-22-31(34)39(33)26-15-8-6-9-16-26/h6-24H,1-5H3,(H2,37,40,41)/q+1. The molecule has 6 heteroatoms. The molecule has 42 heavy (non-hydrogen) atoms. The number of benzene rings is 4. The summed E-state index contributed by atoms with van der Waals surface area (Å²) in [5, 5.41) is 7.94. The van der Waals surface area contributed by atoms with Crippen molar-refractivity contribution in [1.82, 2.24) is 4.58 Å². The molecule has 0 bridgehead atoms. The van der Waals surface area contributed by atoms with Gasteiger partial charge in [-0.1, -0.05) is 74.5 Å². The first-order valence-corrected chi connectivity index (χ1v) is 15.7. The van der Waals surface area contributed by atoms with Gasteiger partial charge < -0.3 is 4.90 Å². The van der Waals surface area contributed by atoms with Crippen LogP contribution in [0.3, 0.4) is 0 Å². The highest BCUT2D eigenvalue weighted by atomic mass is 32.2. The molecule has 0 unspecified atom stereocenters. The van der Waals surface area contributed by atoms with Crippen molar-refractivity contribution in [2.45, 2.75) is 43.4 Å². The molecule has 6 rings (SSSR count). The highest BCUT2D eigenvalue weighted by Gasteiger charge is 2.46. The van der Waals surface area contributed by atoms with Crippen LogP contribution < -0.4 is 14.6 Å². The van der Waals surface area contributed by atoms with Crippen molar-refractivity contribution in [1.29, 1.82) is 0 Å². The number of sulfonamides is 1. The smallest absolute Gasteiger partial charge is 0.238 e. The summed E-state index contributed by atoms with van der Waals surface area (Å²) in [4.78, 5) is 2.25. The van der Waals surface area contributed by atoms with Gasteiger partial charge in [0.25, 0.3) is 0 Å². The van der Waals surface area contributed by atoms with E-state index in [-0.39, 0.29) is 15.7 Å². The second kappa shape index (κ2) is 9.93. The van der Waals surface area contributed by atoms with Gasteiger partial charge >= 0.3 is 0 Å². The molecule has 5 nitrogen and oxygen atoms in total. The van der Waals surface area contributed by atoms with Crippen molar-refractivity contribution in [2.24, 2.45) is 5.14 Å². The lowest BCUT2D eigenvalue weighted by Gasteiger charge is -2.23. The number of nitrogens with two attached hydrogens (primary N) is 1. The third-order valence-corrected chi connectivity index (χ3v) is 9.64.